The summed E-state index contributed by atoms with van der Waals surface area (Å²) in [6.07, 6.45) is 92.9. The molecule has 0 heterocycles. The SMILES string of the molecule is CC/C=C\C/C=C\C/C=C\C/C=C\CCCCCCCCCCCCCCCCCCC(=O)OCC(COC(=O)CCCCCCC/C=C\C/C=C\CCC)OC(=O)CCCCCCCCCCC/C=C\C/C=C\CCCCCCC. The molecule has 0 fully saturated rings. The van der Waals surface area contributed by atoms with Crippen LogP contribution in [0.15, 0.2) is 97.2 Å². The molecular formula is C75H130O6. The molecule has 6 heteroatoms. The summed E-state index contributed by atoms with van der Waals surface area (Å²) in [6, 6.07) is 0. The molecule has 0 N–H and O–H groups in total. The van der Waals surface area contributed by atoms with E-state index >= 15 is 0 Å². The molecule has 0 saturated heterocycles. The lowest BCUT2D eigenvalue weighted by Gasteiger charge is -2.18. The van der Waals surface area contributed by atoms with Gasteiger partial charge in [-0.3, -0.25) is 14.4 Å². The summed E-state index contributed by atoms with van der Waals surface area (Å²) in [5, 5.41) is 0. The Hall–Kier alpha value is -3.67. The van der Waals surface area contributed by atoms with Crippen molar-refractivity contribution in [3.63, 3.8) is 0 Å². The van der Waals surface area contributed by atoms with E-state index in [2.05, 4.69) is 118 Å². The summed E-state index contributed by atoms with van der Waals surface area (Å²) in [5.74, 6) is -0.886. The second kappa shape index (κ2) is 68.8. The molecule has 81 heavy (non-hydrogen) atoms. The summed E-state index contributed by atoms with van der Waals surface area (Å²) < 4.78 is 17.0. The number of ether oxygens (including phenoxy) is 3. The highest BCUT2D eigenvalue weighted by molar-refractivity contribution is 5.71. The number of esters is 3. The first-order valence-electron chi connectivity index (χ1n) is 34.7. The normalized spacial score (nSPS) is 12.7. The first-order chi connectivity index (χ1) is 40.0. The molecule has 1 atom stereocenters. The minimum Gasteiger partial charge on any atom is -0.462 e. The molecule has 0 aromatic heterocycles. The Morgan fingerprint density at radius 1 is 0.259 bits per heavy atom. The molecule has 0 aromatic rings. The Morgan fingerprint density at radius 3 is 0.802 bits per heavy atom. The lowest BCUT2D eigenvalue weighted by Crippen LogP contribution is -2.30. The van der Waals surface area contributed by atoms with Crippen molar-refractivity contribution in [3.05, 3.63) is 97.2 Å². The molecule has 0 aliphatic heterocycles. The van der Waals surface area contributed by atoms with E-state index in [1.54, 1.807) is 0 Å². The summed E-state index contributed by atoms with van der Waals surface area (Å²) in [6.45, 7) is 6.48. The number of allylic oxidation sites excluding steroid dienone is 16. The zero-order valence-electron chi connectivity index (χ0n) is 53.5. The van der Waals surface area contributed by atoms with Gasteiger partial charge in [0.1, 0.15) is 13.2 Å². The van der Waals surface area contributed by atoms with E-state index in [4.69, 9.17) is 14.2 Å². The first-order valence-corrected chi connectivity index (χ1v) is 34.7. The number of hydrogen-bond donors (Lipinski definition) is 0. The van der Waals surface area contributed by atoms with Gasteiger partial charge in [-0.05, 0) is 116 Å². The van der Waals surface area contributed by atoms with Crippen LogP contribution in [0.25, 0.3) is 0 Å². The monoisotopic (exact) mass is 1130 g/mol. The highest BCUT2D eigenvalue weighted by Crippen LogP contribution is 2.17. The Bertz CT molecular complexity index is 1580. The summed E-state index contributed by atoms with van der Waals surface area (Å²) in [7, 11) is 0. The maximum absolute atomic E-state index is 12.9. The van der Waals surface area contributed by atoms with Crippen molar-refractivity contribution < 1.29 is 28.6 Å². The highest BCUT2D eigenvalue weighted by atomic mass is 16.6. The average Bonchev–Trinajstić information content (AvgIpc) is 3.46. The molecule has 0 aliphatic carbocycles. The van der Waals surface area contributed by atoms with E-state index in [1.165, 1.54) is 186 Å². The van der Waals surface area contributed by atoms with Crippen molar-refractivity contribution in [1.29, 1.82) is 0 Å². The van der Waals surface area contributed by atoms with Crippen LogP contribution in [0.3, 0.4) is 0 Å². The number of carbonyl (C=O) groups excluding carboxylic acids is 3. The fraction of sp³-hybridized carbons (Fsp3) is 0.747. The van der Waals surface area contributed by atoms with Crippen LogP contribution in [0, 0.1) is 0 Å². The molecule has 1 unspecified atom stereocenters. The average molecular weight is 1130 g/mol. The molecule has 466 valence electrons. The molecule has 0 aromatic carbocycles. The van der Waals surface area contributed by atoms with Gasteiger partial charge >= 0.3 is 17.9 Å². The summed E-state index contributed by atoms with van der Waals surface area (Å²) in [5.41, 5.74) is 0. The second-order valence-electron chi connectivity index (χ2n) is 23.1. The molecule has 0 aliphatic rings. The van der Waals surface area contributed by atoms with Gasteiger partial charge in [-0.25, -0.2) is 0 Å². The number of unbranched alkanes of at least 4 members (excludes halogenated alkanes) is 36. The Morgan fingerprint density at radius 2 is 0.506 bits per heavy atom. The van der Waals surface area contributed by atoms with Gasteiger partial charge in [0, 0.05) is 19.3 Å². The van der Waals surface area contributed by atoms with E-state index in [0.717, 1.165) is 116 Å². The third-order valence-electron chi connectivity index (χ3n) is 15.0. The smallest absolute Gasteiger partial charge is 0.306 e. The van der Waals surface area contributed by atoms with E-state index in [1.807, 2.05) is 0 Å². The van der Waals surface area contributed by atoms with E-state index < -0.39 is 6.10 Å². The van der Waals surface area contributed by atoms with Crippen LogP contribution in [-0.2, 0) is 28.6 Å². The maximum Gasteiger partial charge on any atom is 0.306 e. The lowest BCUT2D eigenvalue weighted by atomic mass is 10.0. The number of hydrogen-bond acceptors (Lipinski definition) is 6. The van der Waals surface area contributed by atoms with Gasteiger partial charge in [0.2, 0.25) is 0 Å². The summed E-state index contributed by atoms with van der Waals surface area (Å²) in [4.78, 5) is 38.4. The van der Waals surface area contributed by atoms with Crippen LogP contribution in [0.1, 0.15) is 342 Å². The predicted molar refractivity (Wildman–Crippen MR) is 353 cm³/mol. The first kappa shape index (κ1) is 77.3. The summed E-state index contributed by atoms with van der Waals surface area (Å²) >= 11 is 0. The van der Waals surface area contributed by atoms with Crippen molar-refractivity contribution in [2.45, 2.75) is 348 Å². The molecule has 0 spiro atoms. The zero-order chi connectivity index (χ0) is 58.5. The Labute approximate surface area is 502 Å². The topological polar surface area (TPSA) is 78.9 Å². The van der Waals surface area contributed by atoms with Crippen LogP contribution in [0.4, 0.5) is 0 Å². The maximum atomic E-state index is 12.9. The second-order valence-corrected chi connectivity index (χ2v) is 23.1. The molecule has 0 bridgehead atoms. The quantitative estimate of drug-likeness (QED) is 0.0261. The standard InChI is InChI=1S/C75H130O6/c1-4-7-10-13-16-19-22-25-27-29-31-33-34-35-36-37-38-39-40-42-43-45-47-50-53-56-59-62-65-68-74(77)80-71-72(70-79-73(76)67-64-61-58-55-52-49-24-21-18-15-12-9-6-3)81-75(78)69-66-63-60-57-54-51-48-46-44-41-32-30-28-26-23-20-17-14-11-8-5-2/h7,10,12,15-16,19,21,23-27,30-33,72H,4-6,8-9,11,13-14,17-18,20,22,28-29,34-71H2,1-3H3/b10-7-,15-12-,19-16-,24-21-,26-23-,27-25-,32-30-,33-31-. The highest BCUT2D eigenvalue weighted by Gasteiger charge is 2.19. The van der Waals surface area contributed by atoms with E-state index in [-0.39, 0.29) is 31.1 Å². The van der Waals surface area contributed by atoms with Gasteiger partial charge in [0.25, 0.3) is 0 Å². The molecule has 0 amide bonds. The Balaban J connectivity index is 4.25. The van der Waals surface area contributed by atoms with E-state index in [0.29, 0.717) is 19.3 Å². The van der Waals surface area contributed by atoms with Crippen LogP contribution in [0.5, 0.6) is 0 Å². The van der Waals surface area contributed by atoms with Gasteiger partial charge in [-0.15, -0.1) is 0 Å². The van der Waals surface area contributed by atoms with Gasteiger partial charge in [0.15, 0.2) is 6.10 Å². The lowest BCUT2D eigenvalue weighted by molar-refractivity contribution is -0.167. The molecular weight excluding hydrogens is 997 g/mol. The van der Waals surface area contributed by atoms with Gasteiger partial charge in [0.05, 0.1) is 0 Å². The van der Waals surface area contributed by atoms with Crippen molar-refractivity contribution in [2.75, 3.05) is 13.2 Å². The zero-order valence-corrected chi connectivity index (χ0v) is 53.5. The molecule has 0 saturated carbocycles. The van der Waals surface area contributed by atoms with Crippen molar-refractivity contribution >= 4 is 17.9 Å². The number of carbonyl (C=O) groups is 3. The Kier molecular flexibility index (Phi) is 65.7. The van der Waals surface area contributed by atoms with Crippen molar-refractivity contribution in [2.24, 2.45) is 0 Å². The molecule has 0 rings (SSSR count). The molecule has 0 radical (unpaired) electrons. The third kappa shape index (κ3) is 67.0. The van der Waals surface area contributed by atoms with Crippen molar-refractivity contribution in [1.82, 2.24) is 0 Å². The van der Waals surface area contributed by atoms with Crippen LogP contribution in [-0.4, -0.2) is 37.2 Å². The fourth-order valence-corrected chi connectivity index (χ4v) is 9.86. The van der Waals surface area contributed by atoms with Crippen LogP contribution < -0.4 is 0 Å². The number of rotatable bonds is 63. The molecule has 6 nitrogen and oxygen atoms in total. The minimum atomic E-state index is -0.786. The predicted octanol–water partition coefficient (Wildman–Crippen LogP) is 24.0. The van der Waals surface area contributed by atoms with Gasteiger partial charge in [-0.1, -0.05) is 304 Å². The third-order valence-corrected chi connectivity index (χ3v) is 15.0. The van der Waals surface area contributed by atoms with Gasteiger partial charge < -0.3 is 14.2 Å². The largest absolute Gasteiger partial charge is 0.462 e. The van der Waals surface area contributed by atoms with Gasteiger partial charge in [-0.2, -0.15) is 0 Å². The van der Waals surface area contributed by atoms with Crippen LogP contribution in [0.2, 0.25) is 0 Å². The fourth-order valence-electron chi connectivity index (χ4n) is 9.86. The van der Waals surface area contributed by atoms with E-state index in [9.17, 15) is 14.4 Å². The van der Waals surface area contributed by atoms with Crippen molar-refractivity contribution in [3.8, 4) is 0 Å². The minimum absolute atomic E-state index is 0.0813. The van der Waals surface area contributed by atoms with Crippen LogP contribution >= 0.6 is 0 Å².